The summed E-state index contributed by atoms with van der Waals surface area (Å²) in [6, 6.07) is 15.9. The maximum atomic E-state index is 12.2. The highest BCUT2D eigenvalue weighted by molar-refractivity contribution is 7.99. The number of anilines is 2. The first-order valence-electron chi connectivity index (χ1n) is 10.5. The Kier molecular flexibility index (Phi) is 7.44. The van der Waals surface area contributed by atoms with E-state index in [4.69, 9.17) is 11.6 Å². The minimum atomic E-state index is -0.0994. The minimum absolute atomic E-state index is 0.0994. The number of nitrogens with zero attached hydrogens (tertiary/aromatic N) is 5. The molecule has 1 saturated heterocycles. The molecule has 3 heterocycles. The number of benzene rings is 1. The molecule has 1 aliphatic heterocycles. The minimum Gasteiger partial charge on any atom is -0.368 e. The van der Waals surface area contributed by atoms with Gasteiger partial charge in [-0.05, 0) is 30.7 Å². The molecule has 7 nitrogen and oxygen atoms in total. The number of piperazine rings is 1. The summed E-state index contributed by atoms with van der Waals surface area (Å²) in [6.45, 7) is 6.04. The highest BCUT2D eigenvalue weighted by atomic mass is 35.5. The van der Waals surface area contributed by atoms with Gasteiger partial charge in [-0.1, -0.05) is 47.6 Å². The molecule has 166 valence electrons. The summed E-state index contributed by atoms with van der Waals surface area (Å²) >= 11 is 7.54. The Morgan fingerprint density at radius 2 is 1.81 bits per heavy atom. The van der Waals surface area contributed by atoms with Crippen molar-refractivity contribution < 1.29 is 4.79 Å². The van der Waals surface area contributed by atoms with Crippen molar-refractivity contribution in [3.05, 3.63) is 71.1 Å². The van der Waals surface area contributed by atoms with Crippen LogP contribution < -0.4 is 15.1 Å². The number of pyridine rings is 1. The highest BCUT2D eigenvalue weighted by Crippen LogP contribution is 2.25. The second-order valence-electron chi connectivity index (χ2n) is 7.48. The Hall–Kier alpha value is -2.84. The number of rotatable bonds is 7. The van der Waals surface area contributed by atoms with Crippen molar-refractivity contribution in [2.24, 2.45) is 0 Å². The van der Waals surface area contributed by atoms with Crippen molar-refractivity contribution in [2.75, 3.05) is 41.7 Å². The molecule has 9 heteroatoms. The molecule has 0 saturated carbocycles. The zero-order valence-corrected chi connectivity index (χ0v) is 19.4. The molecule has 1 fully saturated rings. The quantitative estimate of drug-likeness (QED) is 0.323. The molecule has 3 aromatic rings. The van der Waals surface area contributed by atoms with Crippen LogP contribution in [-0.2, 0) is 11.3 Å². The van der Waals surface area contributed by atoms with E-state index in [2.05, 4.69) is 61.3 Å². The highest BCUT2D eigenvalue weighted by Gasteiger charge is 2.20. The second-order valence-corrected chi connectivity index (χ2v) is 8.81. The lowest BCUT2D eigenvalue weighted by Gasteiger charge is -2.37. The van der Waals surface area contributed by atoms with Gasteiger partial charge in [-0.25, -0.2) is 9.97 Å². The number of hydrogen-bond donors (Lipinski definition) is 1. The second kappa shape index (κ2) is 10.7. The average Bonchev–Trinajstić information content (AvgIpc) is 2.82. The van der Waals surface area contributed by atoms with Gasteiger partial charge in [0.15, 0.2) is 5.16 Å². The van der Waals surface area contributed by atoms with Gasteiger partial charge in [0.05, 0.1) is 18.0 Å². The molecular formula is C23H25ClN6OS. The number of carbonyl (C=O) groups excluding carboxylic acids is 1. The summed E-state index contributed by atoms with van der Waals surface area (Å²) < 4.78 is 0. The Labute approximate surface area is 197 Å². The number of amides is 1. The van der Waals surface area contributed by atoms with Crippen LogP contribution in [0.15, 0.2) is 59.9 Å². The molecule has 0 spiro atoms. The molecule has 0 bridgehead atoms. The Bertz CT molecular complexity index is 1060. The van der Waals surface area contributed by atoms with Crippen LogP contribution in [0.2, 0.25) is 5.15 Å². The van der Waals surface area contributed by atoms with E-state index in [1.807, 2.05) is 18.2 Å². The first-order valence-corrected chi connectivity index (χ1v) is 11.8. The normalized spacial score (nSPS) is 13.8. The van der Waals surface area contributed by atoms with Gasteiger partial charge < -0.3 is 15.1 Å². The lowest BCUT2D eigenvalue weighted by atomic mass is 10.1. The van der Waals surface area contributed by atoms with Gasteiger partial charge in [-0.2, -0.15) is 0 Å². The molecule has 1 amide bonds. The number of para-hydroxylation sites is 1. The number of carbonyl (C=O) groups is 1. The predicted molar refractivity (Wildman–Crippen MR) is 129 cm³/mol. The van der Waals surface area contributed by atoms with Crippen LogP contribution >= 0.6 is 23.4 Å². The molecule has 1 aliphatic rings. The van der Waals surface area contributed by atoms with Crippen LogP contribution in [0, 0.1) is 6.92 Å². The molecule has 32 heavy (non-hydrogen) atoms. The van der Waals surface area contributed by atoms with E-state index >= 15 is 0 Å². The van der Waals surface area contributed by atoms with Gasteiger partial charge in [0.2, 0.25) is 5.91 Å². The number of halogens is 1. The summed E-state index contributed by atoms with van der Waals surface area (Å²) in [4.78, 5) is 29.9. The summed E-state index contributed by atoms with van der Waals surface area (Å²) in [5.41, 5.74) is 3.38. The summed E-state index contributed by atoms with van der Waals surface area (Å²) in [5, 5.41) is 3.74. The van der Waals surface area contributed by atoms with Crippen LogP contribution in [0.4, 0.5) is 11.5 Å². The first kappa shape index (κ1) is 22.4. The molecule has 0 aliphatic carbocycles. The van der Waals surface area contributed by atoms with Crippen molar-refractivity contribution in [3.63, 3.8) is 0 Å². The van der Waals surface area contributed by atoms with Crippen LogP contribution in [0.1, 0.15) is 11.3 Å². The SMILES string of the molecule is Cc1ccccc1N1CCN(c2cc(Cl)nc(SCC(=O)NCc3ccccn3)n2)CC1. The van der Waals surface area contributed by atoms with E-state index in [9.17, 15) is 4.79 Å². The fourth-order valence-corrected chi connectivity index (χ4v) is 4.49. The van der Waals surface area contributed by atoms with Crippen molar-refractivity contribution in [1.82, 2.24) is 20.3 Å². The first-order chi connectivity index (χ1) is 15.6. The van der Waals surface area contributed by atoms with Crippen LogP contribution in [-0.4, -0.2) is 52.8 Å². The number of nitrogens with one attached hydrogen (secondary N) is 1. The van der Waals surface area contributed by atoms with Crippen molar-refractivity contribution in [3.8, 4) is 0 Å². The maximum absolute atomic E-state index is 12.2. The van der Waals surface area contributed by atoms with Crippen molar-refractivity contribution in [2.45, 2.75) is 18.6 Å². The Morgan fingerprint density at radius 1 is 1.06 bits per heavy atom. The van der Waals surface area contributed by atoms with E-state index in [-0.39, 0.29) is 11.7 Å². The average molecular weight is 469 g/mol. The van der Waals surface area contributed by atoms with E-state index in [1.54, 1.807) is 12.3 Å². The van der Waals surface area contributed by atoms with Crippen molar-refractivity contribution >= 4 is 40.8 Å². The van der Waals surface area contributed by atoms with E-state index < -0.39 is 0 Å². The molecule has 0 radical (unpaired) electrons. The zero-order chi connectivity index (χ0) is 22.3. The van der Waals surface area contributed by atoms with Crippen molar-refractivity contribution in [1.29, 1.82) is 0 Å². The van der Waals surface area contributed by atoms with E-state index in [0.717, 1.165) is 37.7 Å². The molecule has 1 aromatic carbocycles. The molecule has 0 atom stereocenters. The summed E-state index contributed by atoms with van der Waals surface area (Å²) in [5.74, 6) is 0.914. The van der Waals surface area contributed by atoms with E-state index in [1.165, 1.54) is 23.0 Å². The third kappa shape index (κ3) is 5.89. The van der Waals surface area contributed by atoms with Gasteiger partial charge in [-0.3, -0.25) is 9.78 Å². The van der Waals surface area contributed by atoms with Gasteiger partial charge in [0, 0.05) is 44.1 Å². The fourth-order valence-electron chi connectivity index (χ4n) is 3.58. The monoisotopic (exact) mass is 468 g/mol. The molecule has 0 unspecified atom stereocenters. The molecule has 1 N–H and O–H groups in total. The number of aromatic nitrogens is 3. The van der Waals surface area contributed by atoms with E-state index in [0.29, 0.717) is 16.9 Å². The van der Waals surface area contributed by atoms with Gasteiger partial charge in [0.1, 0.15) is 11.0 Å². The lowest BCUT2D eigenvalue weighted by Crippen LogP contribution is -2.47. The summed E-state index contributed by atoms with van der Waals surface area (Å²) in [7, 11) is 0. The maximum Gasteiger partial charge on any atom is 0.230 e. The zero-order valence-electron chi connectivity index (χ0n) is 17.9. The standard InChI is InChI=1S/C23H25ClN6OS/c1-17-6-2-3-8-19(17)29-10-12-30(13-11-29)21-14-20(24)27-23(28-21)32-16-22(31)26-15-18-7-4-5-9-25-18/h2-9,14H,10-13,15-16H2,1H3,(H,26,31). The predicted octanol–water partition coefficient (Wildman–Crippen LogP) is 3.57. The third-order valence-electron chi connectivity index (χ3n) is 5.25. The van der Waals surface area contributed by atoms with Crippen LogP contribution in [0.3, 0.4) is 0 Å². The van der Waals surface area contributed by atoms with Crippen LogP contribution in [0.25, 0.3) is 0 Å². The van der Waals surface area contributed by atoms with Gasteiger partial charge in [0.25, 0.3) is 0 Å². The topological polar surface area (TPSA) is 74.2 Å². The lowest BCUT2D eigenvalue weighted by molar-refractivity contribution is -0.118. The molecule has 2 aromatic heterocycles. The summed E-state index contributed by atoms with van der Waals surface area (Å²) in [6.07, 6.45) is 1.71. The largest absolute Gasteiger partial charge is 0.368 e. The smallest absolute Gasteiger partial charge is 0.230 e. The van der Waals surface area contributed by atoms with Gasteiger partial charge >= 0.3 is 0 Å². The Balaban J connectivity index is 1.32. The number of thioether (sulfide) groups is 1. The number of aryl methyl sites for hydroxylation is 1. The number of hydrogen-bond acceptors (Lipinski definition) is 7. The molecule has 4 rings (SSSR count). The molecular weight excluding hydrogens is 444 g/mol. The van der Waals surface area contributed by atoms with Crippen LogP contribution in [0.5, 0.6) is 0 Å². The van der Waals surface area contributed by atoms with Gasteiger partial charge in [-0.15, -0.1) is 0 Å². The fraction of sp³-hybridized carbons (Fsp3) is 0.304. The Morgan fingerprint density at radius 3 is 2.56 bits per heavy atom. The third-order valence-corrected chi connectivity index (χ3v) is 6.29.